The van der Waals surface area contributed by atoms with Gasteiger partial charge in [-0.05, 0) is 43.2 Å². The van der Waals surface area contributed by atoms with E-state index in [4.69, 9.17) is 5.73 Å². The lowest BCUT2D eigenvalue weighted by molar-refractivity contribution is 0.102. The second-order valence-corrected chi connectivity index (χ2v) is 4.68. The zero-order valence-corrected chi connectivity index (χ0v) is 11.2. The number of aryl methyl sites for hydroxylation is 2. The number of anilines is 1. The summed E-state index contributed by atoms with van der Waals surface area (Å²) in [6.45, 7) is 4.40. The molecular formula is C16H18N2O. The van der Waals surface area contributed by atoms with Crippen LogP contribution >= 0.6 is 0 Å². The van der Waals surface area contributed by atoms with Crippen molar-refractivity contribution in [3.63, 3.8) is 0 Å². The molecule has 0 saturated carbocycles. The number of hydrogen-bond donors (Lipinski definition) is 2. The van der Waals surface area contributed by atoms with E-state index in [0.29, 0.717) is 12.1 Å². The molecule has 2 aromatic carbocycles. The number of carbonyl (C=O) groups excluding carboxylic acids is 1. The van der Waals surface area contributed by atoms with Crippen molar-refractivity contribution in [1.29, 1.82) is 0 Å². The van der Waals surface area contributed by atoms with Gasteiger partial charge in [0.05, 0.1) is 0 Å². The minimum atomic E-state index is -0.0963. The first-order valence-corrected chi connectivity index (χ1v) is 6.28. The van der Waals surface area contributed by atoms with Gasteiger partial charge < -0.3 is 11.1 Å². The normalized spacial score (nSPS) is 10.3. The molecule has 0 aliphatic heterocycles. The van der Waals surface area contributed by atoms with Crippen LogP contribution in [0.3, 0.4) is 0 Å². The first-order valence-electron chi connectivity index (χ1n) is 6.28. The smallest absolute Gasteiger partial charge is 0.255 e. The second kappa shape index (κ2) is 5.67. The lowest BCUT2D eigenvalue weighted by atomic mass is 10.1. The Morgan fingerprint density at radius 3 is 2.63 bits per heavy atom. The summed E-state index contributed by atoms with van der Waals surface area (Å²) in [5.74, 6) is -0.0963. The summed E-state index contributed by atoms with van der Waals surface area (Å²) in [6, 6.07) is 13.4. The van der Waals surface area contributed by atoms with E-state index in [0.717, 1.165) is 22.4 Å². The largest absolute Gasteiger partial charge is 0.326 e. The zero-order valence-electron chi connectivity index (χ0n) is 11.2. The molecule has 0 fully saturated rings. The molecule has 0 aromatic heterocycles. The van der Waals surface area contributed by atoms with E-state index in [1.165, 1.54) is 0 Å². The molecule has 0 saturated heterocycles. The first-order chi connectivity index (χ1) is 9.10. The zero-order chi connectivity index (χ0) is 13.8. The molecule has 3 N–H and O–H groups in total. The van der Waals surface area contributed by atoms with E-state index in [2.05, 4.69) is 5.32 Å². The van der Waals surface area contributed by atoms with E-state index in [9.17, 15) is 4.79 Å². The fourth-order valence-corrected chi connectivity index (χ4v) is 1.91. The molecule has 0 atom stereocenters. The Morgan fingerprint density at radius 1 is 1.16 bits per heavy atom. The number of carbonyl (C=O) groups is 1. The van der Waals surface area contributed by atoms with Crippen molar-refractivity contribution in [2.45, 2.75) is 20.4 Å². The van der Waals surface area contributed by atoms with Gasteiger partial charge in [0.2, 0.25) is 0 Å². The van der Waals surface area contributed by atoms with Gasteiger partial charge in [-0.15, -0.1) is 0 Å². The molecule has 0 radical (unpaired) electrons. The topological polar surface area (TPSA) is 55.1 Å². The summed E-state index contributed by atoms with van der Waals surface area (Å²) in [4.78, 5) is 12.2. The van der Waals surface area contributed by atoms with E-state index < -0.39 is 0 Å². The highest BCUT2D eigenvalue weighted by atomic mass is 16.1. The number of hydrogen-bond acceptors (Lipinski definition) is 2. The molecule has 0 bridgehead atoms. The molecule has 3 nitrogen and oxygen atoms in total. The summed E-state index contributed by atoms with van der Waals surface area (Å²) in [5.41, 5.74) is 10.2. The third-order valence-electron chi connectivity index (χ3n) is 3.07. The molecule has 0 aliphatic carbocycles. The molecule has 1 amide bonds. The van der Waals surface area contributed by atoms with E-state index in [-0.39, 0.29) is 5.91 Å². The number of benzene rings is 2. The van der Waals surface area contributed by atoms with Gasteiger partial charge in [0.1, 0.15) is 0 Å². The average molecular weight is 254 g/mol. The van der Waals surface area contributed by atoms with Gasteiger partial charge in [0.15, 0.2) is 0 Å². The van der Waals surface area contributed by atoms with E-state index in [1.807, 2.05) is 56.3 Å². The van der Waals surface area contributed by atoms with Gasteiger partial charge >= 0.3 is 0 Å². The quantitative estimate of drug-likeness (QED) is 0.884. The molecule has 0 heterocycles. The number of amides is 1. The molecule has 2 rings (SSSR count). The monoisotopic (exact) mass is 254 g/mol. The van der Waals surface area contributed by atoms with Crippen molar-refractivity contribution in [3.8, 4) is 0 Å². The van der Waals surface area contributed by atoms with Crippen LogP contribution in [0.4, 0.5) is 5.69 Å². The van der Waals surface area contributed by atoms with Crippen molar-refractivity contribution in [2.24, 2.45) is 5.73 Å². The van der Waals surface area contributed by atoms with E-state index in [1.54, 1.807) is 0 Å². The predicted octanol–water partition coefficient (Wildman–Crippen LogP) is 3.01. The van der Waals surface area contributed by atoms with Crippen LogP contribution in [0, 0.1) is 13.8 Å². The highest BCUT2D eigenvalue weighted by Crippen LogP contribution is 2.18. The van der Waals surface area contributed by atoms with Gasteiger partial charge in [-0.25, -0.2) is 0 Å². The number of rotatable bonds is 3. The Balaban J connectivity index is 2.23. The van der Waals surface area contributed by atoms with Gasteiger partial charge in [-0.3, -0.25) is 4.79 Å². The second-order valence-electron chi connectivity index (χ2n) is 4.68. The minimum Gasteiger partial charge on any atom is -0.326 e. The van der Waals surface area contributed by atoms with Crippen molar-refractivity contribution >= 4 is 11.6 Å². The molecule has 98 valence electrons. The molecule has 0 unspecified atom stereocenters. The lowest BCUT2D eigenvalue weighted by Gasteiger charge is -2.10. The average Bonchev–Trinajstić information content (AvgIpc) is 2.41. The van der Waals surface area contributed by atoms with Crippen LogP contribution in [0.5, 0.6) is 0 Å². The van der Waals surface area contributed by atoms with Crippen LogP contribution in [-0.2, 0) is 6.54 Å². The summed E-state index contributed by atoms with van der Waals surface area (Å²) >= 11 is 0. The minimum absolute atomic E-state index is 0.0963. The molecule has 0 aliphatic rings. The van der Waals surface area contributed by atoms with Gasteiger partial charge in [0, 0.05) is 17.8 Å². The fraction of sp³-hybridized carbons (Fsp3) is 0.188. The molecular weight excluding hydrogens is 236 g/mol. The predicted molar refractivity (Wildman–Crippen MR) is 78.2 cm³/mol. The standard InChI is InChI=1S/C16H18N2O/c1-11-4-3-5-14(8-11)16(19)18-15-9-13(10-17)7-6-12(15)2/h3-9H,10,17H2,1-2H3,(H,18,19). The van der Waals surface area contributed by atoms with Crippen LogP contribution in [0.2, 0.25) is 0 Å². The van der Waals surface area contributed by atoms with Crippen molar-refractivity contribution in [2.75, 3.05) is 5.32 Å². The lowest BCUT2D eigenvalue weighted by Crippen LogP contribution is -2.13. The van der Waals surface area contributed by atoms with Crippen molar-refractivity contribution in [3.05, 3.63) is 64.7 Å². The summed E-state index contributed by atoms with van der Waals surface area (Å²) in [6.07, 6.45) is 0. The molecule has 3 heteroatoms. The van der Waals surface area contributed by atoms with Gasteiger partial charge in [-0.1, -0.05) is 29.8 Å². The third kappa shape index (κ3) is 3.20. The summed E-state index contributed by atoms with van der Waals surface area (Å²) in [7, 11) is 0. The highest BCUT2D eigenvalue weighted by Gasteiger charge is 2.08. The van der Waals surface area contributed by atoms with Gasteiger partial charge in [0.25, 0.3) is 5.91 Å². The summed E-state index contributed by atoms with van der Waals surface area (Å²) in [5, 5.41) is 2.93. The van der Waals surface area contributed by atoms with Crippen LogP contribution in [0.1, 0.15) is 27.0 Å². The van der Waals surface area contributed by atoms with Crippen LogP contribution in [0.15, 0.2) is 42.5 Å². The molecule has 19 heavy (non-hydrogen) atoms. The maximum absolute atomic E-state index is 12.2. The number of nitrogens with two attached hydrogens (primary N) is 1. The Morgan fingerprint density at radius 2 is 1.95 bits per heavy atom. The van der Waals surface area contributed by atoms with Crippen LogP contribution < -0.4 is 11.1 Å². The number of nitrogens with one attached hydrogen (secondary N) is 1. The highest BCUT2D eigenvalue weighted by molar-refractivity contribution is 6.04. The maximum atomic E-state index is 12.2. The van der Waals surface area contributed by atoms with Crippen molar-refractivity contribution in [1.82, 2.24) is 0 Å². The van der Waals surface area contributed by atoms with Crippen LogP contribution in [0.25, 0.3) is 0 Å². The Hall–Kier alpha value is -2.13. The van der Waals surface area contributed by atoms with Crippen LogP contribution in [-0.4, -0.2) is 5.91 Å². The van der Waals surface area contributed by atoms with Gasteiger partial charge in [-0.2, -0.15) is 0 Å². The Bertz CT molecular complexity index is 605. The third-order valence-corrected chi connectivity index (χ3v) is 3.07. The Labute approximate surface area is 113 Å². The molecule has 2 aromatic rings. The Kier molecular flexibility index (Phi) is 3.97. The fourth-order valence-electron chi connectivity index (χ4n) is 1.91. The maximum Gasteiger partial charge on any atom is 0.255 e. The first kappa shape index (κ1) is 13.3. The SMILES string of the molecule is Cc1cccc(C(=O)Nc2cc(CN)ccc2C)c1. The van der Waals surface area contributed by atoms with Crippen molar-refractivity contribution < 1.29 is 4.79 Å². The molecule has 0 spiro atoms. The van der Waals surface area contributed by atoms with E-state index >= 15 is 0 Å². The summed E-state index contributed by atoms with van der Waals surface area (Å²) < 4.78 is 0.